The second-order valence-corrected chi connectivity index (χ2v) is 9.24. The standard InChI is InChI=1S/C28H25NO2P/c1-31-28(30)22-21-23-13-11-12-20-27(23)29(24-14-5-2-6-15-24)32(25-16-7-3-8-17-25)26-18-9-4-10-19-26/h2-19,21-22H,20H2,1H3/q+1. The minimum absolute atomic E-state index is 0.362. The van der Waals surface area contributed by atoms with Gasteiger partial charge in [0.1, 0.15) is 0 Å². The minimum atomic E-state index is -0.898. The lowest BCUT2D eigenvalue weighted by atomic mass is 10.0. The van der Waals surface area contributed by atoms with Crippen molar-refractivity contribution in [1.82, 2.24) is 0 Å². The summed E-state index contributed by atoms with van der Waals surface area (Å²) in [4.78, 5) is 11.8. The Morgan fingerprint density at radius 2 is 1.44 bits per heavy atom. The molecule has 0 saturated carbocycles. The molecule has 0 amide bonds. The molecule has 0 aromatic heterocycles. The van der Waals surface area contributed by atoms with Gasteiger partial charge in [-0.15, -0.1) is 0 Å². The van der Waals surface area contributed by atoms with Crippen molar-refractivity contribution < 1.29 is 13.9 Å². The fourth-order valence-electron chi connectivity index (χ4n) is 3.63. The molecule has 3 aromatic rings. The number of allylic oxidation sites excluding steroid dienone is 5. The van der Waals surface area contributed by atoms with Gasteiger partial charge in [0.2, 0.25) is 5.69 Å². The number of ether oxygens (including phenoxy) is 1. The minimum Gasteiger partial charge on any atom is -0.466 e. The van der Waals surface area contributed by atoms with Gasteiger partial charge in [-0.1, -0.05) is 66.7 Å². The van der Waals surface area contributed by atoms with E-state index in [4.69, 9.17) is 4.74 Å². The molecule has 4 rings (SSSR count). The Balaban J connectivity index is 1.97. The van der Waals surface area contributed by atoms with E-state index in [0.29, 0.717) is 0 Å². The Hall–Kier alpha value is -3.55. The lowest BCUT2D eigenvalue weighted by Crippen LogP contribution is -2.25. The summed E-state index contributed by atoms with van der Waals surface area (Å²) in [5.41, 5.74) is 3.27. The van der Waals surface area contributed by atoms with E-state index in [1.54, 1.807) is 0 Å². The monoisotopic (exact) mass is 438 g/mol. The fraction of sp³-hybridized carbons (Fsp3) is 0.0714. The molecular formula is C28H25NO2P+. The molecular weight excluding hydrogens is 413 g/mol. The third-order valence-electron chi connectivity index (χ3n) is 5.11. The van der Waals surface area contributed by atoms with Crippen molar-refractivity contribution >= 4 is 36.0 Å². The van der Waals surface area contributed by atoms with Gasteiger partial charge in [-0.25, -0.2) is 4.79 Å². The van der Waals surface area contributed by atoms with Crippen LogP contribution in [0.25, 0.3) is 0 Å². The molecule has 0 aliphatic heterocycles. The van der Waals surface area contributed by atoms with Crippen LogP contribution in [0.15, 0.2) is 127 Å². The maximum absolute atomic E-state index is 11.8. The zero-order valence-electron chi connectivity index (χ0n) is 18.0. The molecule has 0 atom stereocenters. The van der Waals surface area contributed by atoms with Gasteiger partial charge >= 0.3 is 5.97 Å². The van der Waals surface area contributed by atoms with Crippen molar-refractivity contribution in [1.29, 1.82) is 0 Å². The topological polar surface area (TPSA) is 29.3 Å². The number of esters is 1. The zero-order valence-corrected chi connectivity index (χ0v) is 18.9. The third kappa shape index (κ3) is 5.01. The van der Waals surface area contributed by atoms with Gasteiger partial charge in [-0.3, -0.25) is 0 Å². The number of hydrogen-bond acceptors (Lipinski definition) is 2. The van der Waals surface area contributed by atoms with Crippen LogP contribution in [0.5, 0.6) is 0 Å². The molecule has 1 aliphatic carbocycles. The Morgan fingerprint density at radius 3 is 2.00 bits per heavy atom. The summed E-state index contributed by atoms with van der Waals surface area (Å²) in [6, 6.07) is 31.7. The number of hydrogen-bond donors (Lipinski definition) is 0. The summed E-state index contributed by atoms with van der Waals surface area (Å²) in [5.74, 6) is -0.362. The molecule has 0 unspecified atom stereocenters. The lowest BCUT2D eigenvalue weighted by Gasteiger charge is -2.20. The van der Waals surface area contributed by atoms with Crippen LogP contribution in [0.2, 0.25) is 0 Å². The summed E-state index contributed by atoms with van der Waals surface area (Å²) in [5, 5.41) is 2.52. The average Bonchev–Trinajstić information content (AvgIpc) is 2.87. The van der Waals surface area contributed by atoms with Gasteiger partial charge in [-0.2, -0.15) is 4.35 Å². The second-order valence-electron chi connectivity index (χ2n) is 7.19. The molecule has 158 valence electrons. The predicted molar refractivity (Wildman–Crippen MR) is 133 cm³/mol. The van der Waals surface area contributed by atoms with Crippen LogP contribution >= 0.6 is 8.07 Å². The van der Waals surface area contributed by atoms with Crippen LogP contribution in [0.1, 0.15) is 6.42 Å². The maximum atomic E-state index is 11.8. The van der Waals surface area contributed by atoms with Gasteiger partial charge in [0.25, 0.3) is 8.07 Å². The number of rotatable bonds is 6. The number of benzene rings is 3. The first kappa shape index (κ1) is 21.7. The van der Waals surface area contributed by atoms with Crippen LogP contribution < -0.4 is 10.6 Å². The van der Waals surface area contributed by atoms with Crippen LogP contribution in [-0.2, 0) is 9.53 Å². The van der Waals surface area contributed by atoms with Gasteiger partial charge in [0.15, 0.2) is 5.71 Å². The molecule has 0 spiro atoms. The number of carbonyl (C=O) groups is 1. The molecule has 3 aromatic carbocycles. The highest BCUT2D eigenvalue weighted by Gasteiger charge is 2.33. The highest BCUT2D eigenvalue weighted by atomic mass is 31.1. The van der Waals surface area contributed by atoms with Crippen LogP contribution in [0.3, 0.4) is 0 Å². The van der Waals surface area contributed by atoms with Crippen LogP contribution in [0.4, 0.5) is 5.69 Å². The van der Waals surface area contributed by atoms with Crippen molar-refractivity contribution in [2.45, 2.75) is 6.42 Å². The smallest absolute Gasteiger partial charge is 0.330 e. The molecule has 0 N–H and O–H groups in total. The van der Waals surface area contributed by atoms with Crippen molar-refractivity contribution in [3.63, 3.8) is 0 Å². The summed E-state index contributed by atoms with van der Waals surface area (Å²) in [6.07, 6.45) is 10.4. The first-order valence-corrected chi connectivity index (χ1v) is 11.8. The number of methoxy groups -OCH3 is 1. The Bertz CT molecular complexity index is 1140. The molecule has 1 aliphatic rings. The molecule has 3 nitrogen and oxygen atoms in total. The van der Waals surface area contributed by atoms with E-state index in [0.717, 1.165) is 23.4 Å². The third-order valence-corrected chi connectivity index (χ3v) is 7.56. The quantitative estimate of drug-likeness (QED) is 0.292. The maximum Gasteiger partial charge on any atom is 0.330 e. The molecule has 0 fully saturated rings. The molecule has 0 heterocycles. The lowest BCUT2D eigenvalue weighted by molar-refractivity contribution is -0.253. The molecule has 4 heteroatoms. The summed E-state index contributed by atoms with van der Waals surface area (Å²) in [6.45, 7) is 0. The van der Waals surface area contributed by atoms with E-state index >= 15 is 0 Å². The summed E-state index contributed by atoms with van der Waals surface area (Å²) in [7, 11) is 0.497. The highest BCUT2D eigenvalue weighted by molar-refractivity contribution is 7.67. The summed E-state index contributed by atoms with van der Waals surface area (Å²) >= 11 is 0. The van der Waals surface area contributed by atoms with Gasteiger partial charge in [-0.05, 0) is 36.4 Å². The van der Waals surface area contributed by atoms with Gasteiger partial charge in [0, 0.05) is 34.4 Å². The predicted octanol–water partition coefficient (Wildman–Crippen LogP) is 5.44. The van der Waals surface area contributed by atoms with E-state index in [1.165, 1.54) is 23.8 Å². The highest BCUT2D eigenvalue weighted by Crippen LogP contribution is 2.42. The average molecular weight is 438 g/mol. The second kappa shape index (κ2) is 10.7. The Labute approximate surface area is 190 Å². The number of nitrogens with zero attached hydrogens (tertiary/aromatic N) is 1. The zero-order chi connectivity index (χ0) is 22.2. The van der Waals surface area contributed by atoms with Crippen LogP contribution in [0, 0.1) is 0 Å². The molecule has 0 radical (unpaired) electrons. The normalized spacial score (nSPS) is 15.0. The first-order chi connectivity index (χ1) is 15.8. The van der Waals surface area contributed by atoms with E-state index in [1.807, 2.05) is 18.2 Å². The van der Waals surface area contributed by atoms with Gasteiger partial charge in [0.05, 0.1) is 13.5 Å². The van der Waals surface area contributed by atoms with E-state index in [9.17, 15) is 4.79 Å². The van der Waals surface area contributed by atoms with Crippen molar-refractivity contribution in [3.8, 4) is 0 Å². The largest absolute Gasteiger partial charge is 0.466 e. The molecule has 0 bridgehead atoms. The molecule has 0 saturated heterocycles. The van der Waals surface area contributed by atoms with Crippen LogP contribution in [-0.4, -0.2) is 23.1 Å². The molecule has 32 heavy (non-hydrogen) atoms. The van der Waals surface area contributed by atoms with E-state index in [2.05, 4.69) is 101 Å². The Morgan fingerprint density at radius 1 is 0.875 bits per heavy atom. The van der Waals surface area contributed by atoms with Gasteiger partial charge < -0.3 is 4.74 Å². The summed E-state index contributed by atoms with van der Waals surface area (Å²) < 4.78 is 7.26. The number of carbonyl (C=O) groups excluding carboxylic acids is 1. The van der Waals surface area contributed by atoms with E-state index in [-0.39, 0.29) is 5.97 Å². The fourth-order valence-corrected chi connectivity index (χ4v) is 6.10. The van der Waals surface area contributed by atoms with Crippen molar-refractivity contribution in [2.75, 3.05) is 7.11 Å². The van der Waals surface area contributed by atoms with E-state index < -0.39 is 8.07 Å². The Kier molecular flexibility index (Phi) is 7.22. The number of para-hydroxylation sites is 1. The van der Waals surface area contributed by atoms with Crippen molar-refractivity contribution in [2.24, 2.45) is 0 Å². The van der Waals surface area contributed by atoms with Crippen molar-refractivity contribution in [3.05, 3.63) is 127 Å². The first-order valence-electron chi connectivity index (χ1n) is 10.5. The SMILES string of the molecule is COC(=O)C=CC1=CC=CCC1=[N+](c1ccccc1)P(c1ccccc1)c1ccccc1.